The number of methoxy groups -OCH3 is 1. The predicted molar refractivity (Wildman–Crippen MR) is 109 cm³/mol. The number of hydrogen-bond donors (Lipinski definition) is 2. The maximum atomic E-state index is 6.11. The van der Waals surface area contributed by atoms with Gasteiger partial charge in [-0.2, -0.15) is 0 Å². The van der Waals surface area contributed by atoms with Crippen LogP contribution < -0.4 is 15.7 Å². The molecule has 142 valence electrons. The third kappa shape index (κ3) is 2.86. The SMILES string of the molecule is COCCNc1cc(N2CCCCC2)c2c3c1Cc1ccccc1C3ON2. The fraction of sp³-hybridized carbons (Fsp3) is 0.455. The summed E-state index contributed by atoms with van der Waals surface area (Å²) in [5.74, 6) is 0. The zero-order valence-corrected chi connectivity index (χ0v) is 15.9. The second kappa shape index (κ2) is 7.06. The molecular weight excluding hydrogens is 338 g/mol. The number of ether oxygens (including phenoxy) is 1. The van der Waals surface area contributed by atoms with Crippen molar-refractivity contribution in [1.82, 2.24) is 0 Å². The molecule has 1 fully saturated rings. The van der Waals surface area contributed by atoms with Gasteiger partial charge in [-0.3, -0.25) is 10.3 Å². The lowest BCUT2D eigenvalue weighted by Crippen LogP contribution is -2.30. The van der Waals surface area contributed by atoms with Gasteiger partial charge in [0.15, 0.2) is 0 Å². The Morgan fingerprint density at radius 2 is 2.07 bits per heavy atom. The van der Waals surface area contributed by atoms with Crippen LogP contribution in [0.3, 0.4) is 0 Å². The van der Waals surface area contributed by atoms with Crippen LogP contribution in [0.4, 0.5) is 17.1 Å². The van der Waals surface area contributed by atoms with E-state index < -0.39 is 0 Å². The van der Waals surface area contributed by atoms with E-state index in [1.165, 1.54) is 58.6 Å². The first kappa shape index (κ1) is 16.9. The van der Waals surface area contributed by atoms with Crippen molar-refractivity contribution < 1.29 is 9.57 Å². The average molecular weight is 365 g/mol. The zero-order chi connectivity index (χ0) is 18.2. The van der Waals surface area contributed by atoms with E-state index in [2.05, 4.69) is 46.0 Å². The van der Waals surface area contributed by atoms with E-state index in [0.717, 1.165) is 26.1 Å². The first-order chi connectivity index (χ1) is 13.4. The Kier molecular flexibility index (Phi) is 4.42. The fourth-order valence-electron chi connectivity index (χ4n) is 4.68. The number of benzene rings is 2. The third-order valence-corrected chi connectivity index (χ3v) is 6.02. The largest absolute Gasteiger partial charge is 0.383 e. The molecule has 2 N–H and O–H groups in total. The van der Waals surface area contributed by atoms with E-state index in [0.29, 0.717) is 6.61 Å². The van der Waals surface area contributed by atoms with Crippen LogP contribution in [-0.4, -0.2) is 33.4 Å². The first-order valence-electron chi connectivity index (χ1n) is 10.0. The highest BCUT2D eigenvalue weighted by molar-refractivity contribution is 5.84. The normalized spacial score (nSPS) is 20.0. The number of nitrogens with one attached hydrogen (secondary N) is 2. The molecule has 5 nitrogen and oxygen atoms in total. The lowest BCUT2D eigenvalue weighted by Gasteiger charge is -2.32. The van der Waals surface area contributed by atoms with E-state index in [1.807, 2.05) is 0 Å². The Balaban J connectivity index is 1.61. The number of fused-ring (bicyclic) bond motifs is 2. The Bertz CT molecular complexity index is 846. The van der Waals surface area contributed by atoms with Crippen molar-refractivity contribution in [2.75, 3.05) is 49.0 Å². The Morgan fingerprint density at radius 1 is 1.22 bits per heavy atom. The average Bonchev–Trinajstić information content (AvgIpc) is 3.17. The Morgan fingerprint density at radius 3 is 2.93 bits per heavy atom. The van der Waals surface area contributed by atoms with Crippen LogP contribution in [-0.2, 0) is 16.0 Å². The van der Waals surface area contributed by atoms with Crippen LogP contribution in [0.25, 0.3) is 0 Å². The molecule has 0 amide bonds. The standard InChI is InChI=1S/C22H27N3O2/c1-26-12-9-23-18-14-19(25-10-5-2-6-11-25)21-20-17(18)13-15-7-3-4-8-16(15)22(20)27-24-21/h3-4,7-8,14,22-24H,2,5-6,9-13H2,1H3. The molecule has 27 heavy (non-hydrogen) atoms. The summed E-state index contributed by atoms with van der Waals surface area (Å²) in [6.07, 6.45) is 4.77. The molecule has 0 spiro atoms. The first-order valence-corrected chi connectivity index (χ1v) is 10.0. The monoisotopic (exact) mass is 365 g/mol. The lowest BCUT2D eigenvalue weighted by molar-refractivity contribution is 0.152. The van der Waals surface area contributed by atoms with Crippen molar-refractivity contribution >= 4 is 17.1 Å². The van der Waals surface area contributed by atoms with Gasteiger partial charge in [-0.1, -0.05) is 24.3 Å². The van der Waals surface area contributed by atoms with Gasteiger partial charge in [-0.05, 0) is 42.0 Å². The van der Waals surface area contributed by atoms with Gasteiger partial charge < -0.3 is 15.0 Å². The minimum atomic E-state index is -0.0207. The van der Waals surface area contributed by atoms with Gasteiger partial charge in [0, 0.05) is 44.4 Å². The molecule has 5 rings (SSSR count). The van der Waals surface area contributed by atoms with Gasteiger partial charge in [-0.25, -0.2) is 0 Å². The molecular formula is C22H27N3O2. The molecule has 2 heterocycles. The zero-order valence-electron chi connectivity index (χ0n) is 15.9. The highest BCUT2D eigenvalue weighted by Gasteiger charge is 2.37. The van der Waals surface area contributed by atoms with Crippen molar-refractivity contribution in [3.63, 3.8) is 0 Å². The molecule has 1 saturated heterocycles. The Labute approximate surface area is 160 Å². The van der Waals surface area contributed by atoms with Crippen molar-refractivity contribution in [2.45, 2.75) is 31.8 Å². The van der Waals surface area contributed by atoms with Crippen LogP contribution in [0.15, 0.2) is 30.3 Å². The molecule has 0 radical (unpaired) electrons. The van der Waals surface area contributed by atoms with Crippen molar-refractivity contribution in [3.05, 3.63) is 52.6 Å². The number of rotatable bonds is 5. The van der Waals surface area contributed by atoms with E-state index in [-0.39, 0.29) is 6.10 Å². The minimum Gasteiger partial charge on any atom is -0.383 e. The second-order valence-electron chi connectivity index (χ2n) is 7.65. The van der Waals surface area contributed by atoms with Crippen molar-refractivity contribution in [2.24, 2.45) is 0 Å². The number of anilines is 3. The second-order valence-corrected chi connectivity index (χ2v) is 7.65. The molecule has 3 aliphatic rings. The fourth-order valence-corrected chi connectivity index (χ4v) is 4.68. The maximum Gasteiger partial charge on any atom is 0.138 e. The van der Waals surface area contributed by atoms with Crippen LogP contribution in [0.2, 0.25) is 0 Å². The summed E-state index contributed by atoms with van der Waals surface area (Å²) >= 11 is 0. The summed E-state index contributed by atoms with van der Waals surface area (Å²) in [6, 6.07) is 11.0. The van der Waals surface area contributed by atoms with Crippen LogP contribution in [0, 0.1) is 0 Å². The summed E-state index contributed by atoms with van der Waals surface area (Å²) in [5.41, 5.74) is 12.3. The molecule has 0 saturated carbocycles. The third-order valence-electron chi connectivity index (χ3n) is 6.02. The number of nitrogens with zero attached hydrogens (tertiary/aromatic N) is 1. The van der Waals surface area contributed by atoms with Crippen LogP contribution in [0.5, 0.6) is 0 Å². The van der Waals surface area contributed by atoms with Crippen molar-refractivity contribution in [3.8, 4) is 0 Å². The van der Waals surface area contributed by atoms with Crippen LogP contribution in [0.1, 0.15) is 47.6 Å². The minimum absolute atomic E-state index is 0.0207. The van der Waals surface area contributed by atoms with E-state index in [9.17, 15) is 0 Å². The van der Waals surface area contributed by atoms with Crippen molar-refractivity contribution in [1.29, 1.82) is 0 Å². The molecule has 2 aromatic carbocycles. The molecule has 0 aromatic heterocycles. The molecule has 2 aliphatic heterocycles. The summed E-state index contributed by atoms with van der Waals surface area (Å²) in [7, 11) is 1.75. The number of hydrogen-bond acceptors (Lipinski definition) is 5. The summed E-state index contributed by atoms with van der Waals surface area (Å²) in [4.78, 5) is 8.63. The summed E-state index contributed by atoms with van der Waals surface area (Å²) < 4.78 is 5.26. The summed E-state index contributed by atoms with van der Waals surface area (Å²) in [6.45, 7) is 3.74. The van der Waals surface area contributed by atoms with Gasteiger partial charge in [0.25, 0.3) is 0 Å². The highest BCUT2D eigenvalue weighted by atomic mass is 16.7. The van der Waals surface area contributed by atoms with E-state index >= 15 is 0 Å². The summed E-state index contributed by atoms with van der Waals surface area (Å²) in [5, 5.41) is 3.62. The van der Waals surface area contributed by atoms with Gasteiger partial charge >= 0.3 is 0 Å². The molecule has 1 atom stereocenters. The van der Waals surface area contributed by atoms with Gasteiger partial charge in [0.05, 0.1) is 18.0 Å². The quantitative estimate of drug-likeness (QED) is 0.782. The van der Waals surface area contributed by atoms with Gasteiger partial charge in [0.1, 0.15) is 6.10 Å². The smallest absolute Gasteiger partial charge is 0.138 e. The Hall–Kier alpha value is -2.24. The predicted octanol–water partition coefficient (Wildman–Crippen LogP) is 4.09. The highest BCUT2D eigenvalue weighted by Crippen LogP contribution is 2.51. The lowest BCUT2D eigenvalue weighted by atomic mass is 9.82. The maximum absolute atomic E-state index is 6.11. The number of piperidine rings is 1. The topological polar surface area (TPSA) is 45.8 Å². The molecule has 1 unspecified atom stereocenters. The molecule has 2 aromatic rings. The molecule has 1 aliphatic carbocycles. The van der Waals surface area contributed by atoms with Gasteiger partial charge in [-0.15, -0.1) is 0 Å². The van der Waals surface area contributed by atoms with E-state index in [4.69, 9.17) is 9.57 Å². The molecule has 5 heteroatoms. The molecule has 0 bridgehead atoms. The van der Waals surface area contributed by atoms with Gasteiger partial charge in [0.2, 0.25) is 0 Å². The van der Waals surface area contributed by atoms with E-state index in [1.54, 1.807) is 7.11 Å². The van der Waals surface area contributed by atoms with Crippen LogP contribution >= 0.6 is 0 Å².